The van der Waals surface area contributed by atoms with Crippen molar-refractivity contribution in [2.75, 3.05) is 13.2 Å². The molecule has 2 atom stereocenters. The molecule has 0 spiro atoms. The summed E-state index contributed by atoms with van der Waals surface area (Å²) in [6, 6.07) is 0. The van der Waals surface area contributed by atoms with Crippen LogP contribution in [0.4, 0.5) is 4.39 Å². The number of unbranched alkanes of at least 4 members (excludes halogenated alkanes) is 3. The van der Waals surface area contributed by atoms with Gasteiger partial charge in [0.25, 0.3) is 0 Å². The molecule has 0 saturated carbocycles. The van der Waals surface area contributed by atoms with Crippen LogP contribution >= 0.6 is 0 Å². The van der Waals surface area contributed by atoms with Crippen LogP contribution in [0, 0.1) is 0 Å². The molecule has 0 amide bonds. The monoisotopic (exact) mass is 220 g/mol. The molecule has 0 saturated heterocycles. The van der Waals surface area contributed by atoms with Crippen LogP contribution in [0.25, 0.3) is 0 Å². The fourth-order valence-corrected chi connectivity index (χ4v) is 1.32. The number of alkyl halides is 1. The lowest BCUT2D eigenvalue weighted by Crippen LogP contribution is -2.07. The Morgan fingerprint density at radius 1 is 1.20 bits per heavy atom. The van der Waals surface area contributed by atoms with E-state index in [-0.39, 0.29) is 6.61 Å². The number of hydrogen-bond donors (Lipinski definition) is 1. The number of halogens is 1. The summed E-state index contributed by atoms with van der Waals surface area (Å²) >= 11 is 0. The molecule has 0 aromatic carbocycles. The maximum absolute atomic E-state index is 12.6. The fraction of sp³-hybridized carbons (Fsp3) is 1.00. The highest BCUT2D eigenvalue weighted by Gasteiger charge is 2.03. The van der Waals surface area contributed by atoms with Crippen molar-refractivity contribution in [1.82, 2.24) is 0 Å². The van der Waals surface area contributed by atoms with Crippen molar-refractivity contribution in [3.8, 4) is 0 Å². The van der Waals surface area contributed by atoms with Gasteiger partial charge in [-0.25, -0.2) is 4.39 Å². The summed E-state index contributed by atoms with van der Waals surface area (Å²) in [7, 11) is 0. The van der Waals surface area contributed by atoms with Gasteiger partial charge in [-0.1, -0.05) is 26.2 Å². The molecule has 3 heteroatoms. The summed E-state index contributed by atoms with van der Waals surface area (Å²) in [5.74, 6) is 0. The number of aliphatic hydroxyl groups excluding tert-OH is 1. The Balaban J connectivity index is 3.05. The third kappa shape index (κ3) is 10.1. The standard InChI is InChI=1S/C12H25FO2/c1-3-11(2)15-9-7-5-4-6-8-12(13)10-14/h11-12,14H,3-10H2,1-2H3. The van der Waals surface area contributed by atoms with E-state index in [2.05, 4.69) is 13.8 Å². The van der Waals surface area contributed by atoms with Gasteiger partial charge in [-0.05, 0) is 26.2 Å². The minimum Gasteiger partial charge on any atom is -0.393 e. The van der Waals surface area contributed by atoms with Gasteiger partial charge in [0.15, 0.2) is 0 Å². The molecular formula is C12H25FO2. The Morgan fingerprint density at radius 2 is 1.87 bits per heavy atom. The van der Waals surface area contributed by atoms with Gasteiger partial charge in [0, 0.05) is 6.61 Å². The molecule has 0 aliphatic heterocycles. The maximum Gasteiger partial charge on any atom is 0.123 e. The average molecular weight is 220 g/mol. The molecule has 15 heavy (non-hydrogen) atoms. The Hall–Kier alpha value is -0.150. The zero-order chi connectivity index (χ0) is 11.5. The molecule has 0 bridgehead atoms. The summed E-state index contributed by atoms with van der Waals surface area (Å²) in [5, 5.41) is 8.47. The van der Waals surface area contributed by atoms with Crippen LogP contribution in [0.3, 0.4) is 0 Å². The van der Waals surface area contributed by atoms with Gasteiger partial charge in [0.2, 0.25) is 0 Å². The molecule has 0 radical (unpaired) electrons. The normalized spacial score (nSPS) is 15.2. The van der Waals surface area contributed by atoms with Crippen LogP contribution in [0.5, 0.6) is 0 Å². The molecule has 0 heterocycles. The van der Waals surface area contributed by atoms with Crippen LogP contribution in [-0.2, 0) is 4.74 Å². The summed E-state index contributed by atoms with van der Waals surface area (Å²) in [6.07, 6.45) is 4.92. The number of aliphatic hydroxyl groups is 1. The maximum atomic E-state index is 12.6. The molecule has 0 aliphatic carbocycles. The highest BCUT2D eigenvalue weighted by atomic mass is 19.1. The lowest BCUT2D eigenvalue weighted by atomic mass is 10.1. The second-order valence-corrected chi connectivity index (χ2v) is 4.07. The molecule has 2 nitrogen and oxygen atoms in total. The van der Waals surface area contributed by atoms with E-state index in [9.17, 15) is 4.39 Å². The molecule has 1 N–H and O–H groups in total. The molecule has 0 fully saturated rings. The van der Waals surface area contributed by atoms with E-state index in [4.69, 9.17) is 9.84 Å². The van der Waals surface area contributed by atoms with E-state index < -0.39 is 6.17 Å². The number of ether oxygens (including phenoxy) is 1. The Bertz CT molecular complexity index is 117. The zero-order valence-electron chi connectivity index (χ0n) is 10.0. The van der Waals surface area contributed by atoms with Crippen molar-refractivity contribution in [3.63, 3.8) is 0 Å². The van der Waals surface area contributed by atoms with Crippen LogP contribution in [-0.4, -0.2) is 30.6 Å². The number of hydrogen-bond acceptors (Lipinski definition) is 2. The third-order valence-corrected chi connectivity index (χ3v) is 2.59. The summed E-state index contributed by atoms with van der Waals surface area (Å²) in [4.78, 5) is 0. The van der Waals surface area contributed by atoms with Gasteiger partial charge in [-0.15, -0.1) is 0 Å². The highest BCUT2D eigenvalue weighted by molar-refractivity contribution is 4.54. The summed E-state index contributed by atoms with van der Waals surface area (Å²) < 4.78 is 18.1. The Labute approximate surface area is 92.8 Å². The van der Waals surface area contributed by atoms with Crippen LogP contribution in [0.1, 0.15) is 52.4 Å². The molecule has 92 valence electrons. The SMILES string of the molecule is CCC(C)OCCCCCCC(F)CO. The van der Waals surface area contributed by atoms with Gasteiger partial charge in [-0.2, -0.15) is 0 Å². The molecule has 0 aromatic heterocycles. The quantitative estimate of drug-likeness (QED) is 0.573. The third-order valence-electron chi connectivity index (χ3n) is 2.59. The van der Waals surface area contributed by atoms with Crippen molar-refractivity contribution in [1.29, 1.82) is 0 Å². The van der Waals surface area contributed by atoms with E-state index >= 15 is 0 Å². The van der Waals surface area contributed by atoms with E-state index in [1.54, 1.807) is 0 Å². The van der Waals surface area contributed by atoms with Gasteiger partial charge >= 0.3 is 0 Å². The first-order valence-electron chi connectivity index (χ1n) is 6.07. The minimum atomic E-state index is -1.03. The molecule has 0 aliphatic rings. The Morgan fingerprint density at radius 3 is 2.47 bits per heavy atom. The van der Waals surface area contributed by atoms with E-state index in [1.165, 1.54) is 0 Å². The van der Waals surface area contributed by atoms with Crippen LogP contribution in [0.2, 0.25) is 0 Å². The Kier molecular flexibility index (Phi) is 10.3. The molecular weight excluding hydrogens is 195 g/mol. The largest absolute Gasteiger partial charge is 0.393 e. The zero-order valence-corrected chi connectivity index (χ0v) is 10.0. The second kappa shape index (κ2) is 10.4. The highest BCUT2D eigenvalue weighted by Crippen LogP contribution is 2.08. The predicted octanol–water partition coefficient (Wildman–Crippen LogP) is 3.08. The predicted molar refractivity (Wildman–Crippen MR) is 60.8 cm³/mol. The average Bonchev–Trinajstić information content (AvgIpc) is 2.26. The fourth-order valence-electron chi connectivity index (χ4n) is 1.32. The summed E-state index contributed by atoms with van der Waals surface area (Å²) in [5.41, 5.74) is 0. The van der Waals surface area contributed by atoms with Gasteiger partial charge in [0.1, 0.15) is 6.17 Å². The first kappa shape index (κ1) is 14.8. The van der Waals surface area contributed by atoms with Crippen molar-refractivity contribution < 1.29 is 14.2 Å². The van der Waals surface area contributed by atoms with Crippen molar-refractivity contribution in [2.45, 2.75) is 64.6 Å². The topological polar surface area (TPSA) is 29.5 Å². The van der Waals surface area contributed by atoms with Crippen molar-refractivity contribution in [3.05, 3.63) is 0 Å². The first-order valence-corrected chi connectivity index (χ1v) is 6.07. The van der Waals surface area contributed by atoms with Crippen molar-refractivity contribution in [2.24, 2.45) is 0 Å². The van der Waals surface area contributed by atoms with Gasteiger partial charge in [-0.3, -0.25) is 0 Å². The minimum absolute atomic E-state index is 0.336. The van der Waals surface area contributed by atoms with E-state index in [1.807, 2.05) is 0 Å². The van der Waals surface area contributed by atoms with Crippen LogP contribution < -0.4 is 0 Å². The van der Waals surface area contributed by atoms with Gasteiger partial charge < -0.3 is 9.84 Å². The lowest BCUT2D eigenvalue weighted by Gasteiger charge is -2.10. The van der Waals surface area contributed by atoms with Crippen molar-refractivity contribution >= 4 is 0 Å². The summed E-state index contributed by atoms with van der Waals surface area (Å²) in [6.45, 7) is 4.67. The lowest BCUT2D eigenvalue weighted by molar-refractivity contribution is 0.0606. The first-order chi connectivity index (χ1) is 7.20. The van der Waals surface area contributed by atoms with Gasteiger partial charge in [0.05, 0.1) is 12.7 Å². The molecule has 0 rings (SSSR count). The van der Waals surface area contributed by atoms with E-state index in [0.29, 0.717) is 12.5 Å². The van der Waals surface area contributed by atoms with Crippen LogP contribution in [0.15, 0.2) is 0 Å². The number of rotatable bonds is 10. The van der Waals surface area contributed by atoms with E-state index in [0.717, 1.165) is 38.7 Å². The smallest absolute Gasteiger partial charge is 0.123 e. The molecule has 0 aromatic rings. The molecule has 2 unspecified atom stereocenters. The second-order valence-electron chi connectivity index (χ2n) is 4.07.